The van der Waals surface area contributed by atoms with Crippen molar-refractivity contribution in [2.75, 3.05) is 19.7 Å². The Morgan fingerprint density at radius 1 is 1.11 bits per heavy atom. The maximum Gasteiger partial charge on any atom is 0.191 e. The summed E-state index contributed by atoms with van der Waals surface area (Å²) in [5.41, 5.74) is 0.807. The van der Waals surface area contributed by atoms with Gasteiger partial charge in [-0.15, -0.1) is 24.0 Å². The predicted octanol–water partition coefficient (Wildman–Crippen LogP) is 3.97. The van der Waals surface area contributed by atoms with Crippen LogP contribution in [-0.4, -0.2) is 30.8 Å². The first kappa shape index (κ1) is 21.0. The maximum atomic E-state index is 5.85. The number of aliphatic imine (C=N–C) groups is 1. The molecule has 0 unspecified atom stereocenters. The SMILES string of the molecule is CCNC(=NCc1ccon1)NCCCOc1ccc2ccccc2c1.I. The van der Waals surface area contributed by atoms with Crippen molar-refractivity contribution < 1.29 is 9.26 Å². The van der Waals surface area contributed by atoms with Crippen LogP contribution in [0.25, 0.3) is 10.8 Å². The van der Waals surface area contributed by atoms with Crippen LogP contribution in [0, 0.1) is 0 Å². The highest BCUT2D eigenvalue weighted by atomic mass is 127. The molecule has 2 N–H and O–H groups in total. The summed E-state index contributed by atoms with van der Waals surface area (Å²) in [6, 6.07) is 16.3. The van der Waals surface area contributed by atoms with Crippen LogP contribution in [0.3, 0.4) is 0 Å². The first-order valence-electron chi connectivity index (χ1n) is 8.88. The average Bonchev–Trinajstić information content (AvgIpc) is 3.19. The molecule has 0 atom stereocenters. The molecule has 2 aromatic carbocycles. The Kier molecular flexibility index (Phi) is 8.90. The number of nitrogens with one attached hydrogen (secondary N) is 2. The lowest BCUT2D eigenvalue weighted by Crippen LogP contribution is -2.38. The third-order valence-electron chi connectivity index (χ3n) is 3.84. The number of hydrogen-bond donors (Lipinski definition) is 2. The van der Waals surface area contributed by atoms with E-state index in [1.54, 1.807) is 6.26 Å². The van der Waals surface area contributed by atoms with Gasteiger partial charge < -0.3 is 19.9 Å². The van der Waals surface area contributed by atoms with E-state index in [0.717, 1.165) is 36.9 Å². The Morgan fingerprint density at radius 3 is 2.74 bits per heavy atom. The van der Waals surface area contributed by atoms with Crippen LogP contribution in [0.4, 0.5) is 0 Å². The Labute approximate surface area is 176 Å². The smallest absolute Gasteiger partial charge is 0.191 e. The summed E-state index contributed by atoms with van der Waals surface area (Å²) >= 11 is 0. The zero-order chi connectivity index (χ0) is 18.0. The van der Waals surface area contributed by atoms with Gasteiger partial charge in [0.05, 0.1) is 13.2 Å². The second-order valence-corrected chi connectivity index (χ2v) is 5.82. The van der Waals surface area contributed by atoms with Crippen LogP contribution in [0.5, 0.6) is 5.75 Å². The molecule has 27 heavy (non-hydrogen) atoms. The molecule has 0 aliphatic heterocycles. The van der Waals surface area contributed by atoms with E-state index in [9.17, 15) is 0 Å². The van der Waals surface area contributed by atoms with Crippen molar-refractivity contribution in [3.05, 3.63) is 60.5 Å². The number of guanidine groups is 1. The van der Waals surface area contributed by atoms with Crippen molar-refractivity contribution >= 4 is 40.7 Å². The van der Waals surface area contributed by atoms with Crippen molar-refractivity contribution in [2.45, 2.75) is 19.9 Å². The molecule has 0 saturated carbocycles. The molecule has 0 fully saturated rings. The maximum absolute atomic E-state index is 5.85. The van der Waals surface area contributed by atoms with Crippen LogP contribution in [0.1, 0.15) is 19.0 Å². The zero-order valence-electron chi connectivity index (χ0n) is 15.4. The predicted molar refractivity (Wildman–Crippen MR) is 119 cm³/mol. The Balaban J connectivity index is 0.00000261. The van der Waals surface area contributed by atoms with Crippen molar-refractivity contribution in [3.63, 3.8) is 0 Å². The summed E-state index contributed by atoms with van der Waals surface area (Å²) in [6.45, 7) is 4.75. The van der Waals surface area contributed by atoms with E-state index >= 15 is 0 Å². The Bertz CT molecular complexity index is 837. The van der Waals surface area contributed by atoms with Crippen LogP contribution in [0.2, 0.25) is 0 Å². The fourth-order valence-electron chi connectivity index (χ4n) is 2.55. The van der Waals surface area contributed by atoms with Crippen LogP contribution in [0.15, 0.2) is 64.3 Å². The van der Waals surface area contributed by atoms with Crippen LogP contribution >= 0.6 is 24.0 Å². The molecular formula is C20H25IN4O2. The Morgan fingerprint density at radius 2 is 1.96 bits per heavy atom. The summed E-state index contributed by atoms with van der Waals surface area (Å²) < 4.78 is 10.7. The second kappa shape index (κ2) is 11.4. The molecule has 1 heterocycles. The third-order valence-corrected chi connectivity index (χ3v) is 3.84. The quantitative estimate of drug-likeness (QED) is 0.221. The fraction of sp³-hybridized carbons (Fsp3) is 0.300. The molecule has 0 radical (unpaired) electrons. The highest BCUT2D eigenvalue weighted by Gasteiger charge is 2.00. The monoisotopic (exact) mass is 480 g/mol. The molecule has 0 spiro atoms. The van der Waals surface area contributed by atoms with Gasteiger partial charge in [-0.1, -0.05) is 35.5 Å². The highest BCUT2D eigenvalue weighted by molar-refractivity contribution is 14.0. The first-order valence-corrected chi connectivity index (χ1v) is 8.88. The normalized spacial score (nSPS) is 11.1. The summed E-state index contributed by atoms with van der Waals surface area (Å²) in [6.07, 6.45) is 2.43. The largest absolute Gasteiger partial charge is 0.494 e. The van der Waals surface area contributed by atoms with E-state index in [-0.39, 0.29) is 24.0 Å². The van der Waals surface area contributed by atoms with Gasteiger partial charge in [-0.25, -0.2) is 4.99 Å². The summed E-state index contributed by atoms with van der Waals surface area (Å²) in [5, 5.41) is 12.8. The molecule has 6 nitrogen and oxygen atoms in total. The highest BCUT2D eigenvalue weighted by Crippen LogP contribution is 2.20. The summed E-state index contributed by atoms with van der Waals surface area (Å²) in [7, 11) is 0. The second-order valence-electron chi connectivity index (χ2n) is 5.82. The van der Waals surface area contributed by atoms with Gasteiger partial charge in [-0.05, 0) is 36.2 Å². The van der Waals surface area contributed by atoms with Crippen molar-refractivity contribution in [3.8, 4) is 5.75 Å². The molecule has 144 valence electrons. The minimum atomic E-state index is 0. The zero-order valence-corrected chi connectivity index (χ0v) is 17.7. The number of benzene rings is 2. The van der Waals surface area contributed by atoms with E-state index in [2.05, 4.69) is 45.0 Å². The number of hydrogen-bond acceptors (Lipinski definition) is 4. The van der Waals surface area contributed by atoms with Gasteiger partial charge in [0, 0.05) is 19.2 Å². The van der Waals surface area contributed by atoms with Crippen molar-refractivity contribution in [1.82, 2.24) is 15.8 Å². The number of halogens is 1. The number of aromatic nitrogens is 1. The molecule has 0 aliphatic rings. The lowest BCUT2D eigenvalue weighted by Gasteiger charge is -2.11. The number of rotatable bonds is 8. The third kappa shape index (κ3) is 6.74. The van der Waals surface area contributed by atoms with Crippen molar-refractivity contribution in [2.24, 2.45) is 4.99 Å². The summed E-state index contributed by atoms with van der Waals surface area (Å²) in [5.74, 6) is 1.66. The molecule has 0 aliphatic carbocycles. The standard InChI is InChI=1S/C20H24N4O2.HI/c1-2-21-20(23-15-18-10-13-26-24-18)22-11-5-12-25-19-9-8-16-6-3-4-7-17(16)14-19;/h3-4,6-10,13-14H,2,5,11-12,15H2,1H3,(H2,21,22,23);1H. The molecule has 3 aromatic rings. The van der Waals surface area contributed by atoms with Crippen molar-refractivity contribution in [1.29, 1.82) is 0 Å². The van der Waals surface area contributed by atoms with Gasteiger partial charge in [-0.3, -0.25) is 0 Å². The molecule has 0 saturated heterocycles. The van der Waals surface area contributed by atoms with E-state index in [1.165, 1.54) is 10.8 Å². The minimum Gasteiger partial charge on any atom is -0.494 e. The van der Waals surface area contributed by atoms with Gasteiger partial charge in [0.25, 0.3) is 0 Å². The van der Waals surface area contributed by atoms with Crippen LogP contribution in [-0.2, 0) is 6.54 Å². The Hall–Kier alpha value is -2.29. The van der Waals surface area contributed by atoms with Crippen LogP contribution < -0.4 is 15.4 Å². The van der Waals surface area contributed by atoms with Gasteiger partial charge in [0.1, 0.15) is 17.7 Å². The summed E-state index contributed by atoms with van der Waals surface area (Å²) in [4.78, 5) is 4.48. The molecule has 3 rings (SSSR count). The molecule has 7 heteroatoms. The van der Waals surface area contributed by atoms with E-state index in [0.29, 0.717) is 13.2 Å². The van der Waals surface area contributed by atoms with E-state index in [4.69, 9.17) is 9.26 Å². The molecular weight excluding hydrogens is 455 g/mol. The lowest BCUT2D eigenvalue weighted by molar-refractivity contribution is 0.311. The van der Waals surface area contributed by atoms with Gasteiger partial charge in [0.2, 0.25) is 0 Å². The van der Waals surface area contributed by atoms with Gasteiger partial charge >= 0.3 is 0 Å². The molecule has 1 aromatic heterocycles. The van der Waals surface area contributed by atoms with Gasteiger partial charge in [-0.2, -0.15) is 0 Å². The number of fused-ring (bicyclic) bond motifs is 1. The molecule has 0 bridgehead atoms. The topological polar surface area (TPSA) is 71.7 Å². The average molecular weight is 480 g/mol. The number of ether oxygens (including phenoxy) is 1. The minimum absolute atomic E-state index is 0. The van der Waals surface area contributed by atoms with Gasteiger partial charge in [0.15, 0.2) is 5.96 Å². The number of nitrogens with zero attached hydrogens (tertiary/aromatic N) is 2. The fourth-order valence-corrected chi connectivity index (χ4v) is 2.55. The van der Waals surface area contributed by atoms with E-state index in [1.807, 2.05) is 31.2 Å². The molecule has 0 amide bonds. The first-order chi connectivity index (χ1) is 12.8. The van der Waals surface area contributed by atoms with E-state index < -0.39 is 0 Å². The lowest BCUT2D eigenvalue weighted by atomic mass is 10.1.